The minimum absolute atomic E-state index is 0.144. The van der Waals surface area contributed by atoms with Gasteiger partial charge in [0, 0.05) is 34.9 Å². The number of benzene rings is 1. The Kier molecular flexibility index (Phi) is 4.23. The van der Waals surface area contributed by atoms with Crippen molar-refractivity contribution in [1.29, 1.82) is 0 Å². The molecule has 0 aliphatic heterocycles. The predicted molar refractivity (Wildman–Crippen MR) is 71.7 cm³/mol. The Hall–Kier alpha value is -1.52. The first-order valence-electron chi connectivity index (χ1n) is 5.29. The lowest BCUT2D eigenvalue weighted by Gasteiger charge is -2.14. The van der Waals surface area contributed by atoms with Crippen molar-refractivity contribution in [2.75, 3.05) is 0 Å². The summed E-state index contributed by atoms with van der Waals surface area (Å²) in [6.45, 7) is 0.589. The largest absolute Gasteiger partial charge is 0.411 e. The van der Waals surface area contributed by atoms with Crippen LogP contribution in [0.25, 0.3) is 0 Å². The van der Waals surface area contributed by atoms with E-state index in [0.717, 1.165) is 5.56 Å². The van der Waals surface area contributed by atoms with Crippen LogP contribution in [0.15, 0.2) is 42.1 Å². The number of hydrogen-bond acceptors (Lipinski definition) is 3. The highest BCUT2D eigenvalue weighted by molar-refractivity contribution is 6.35. The molecule has 0 bridgehead atoms. The van der Waals surface area contributed by atoms with Gasteiger partial charge in [0.2, 0.25) is 0 Å². The van der Waals surface area contributed by atoms with E-state index in [-0.39, 0.29) is 5.92 Å². The van der Waals surface area contributed by atoms with Gasteiger partial charge in [-0.3, -0.25) is 0 Å². The molecule has 0 aliphatic rings. The SMILES string of the molecule is ON=CC(Cn1ccnc1)c1ccc(Cl)cc1Cl. The molecule has 1 aromatic carbocycles. The van der Waals surface area contributed by atoms with Crippen molar-refractivity contribution in [3.63, 3.8) is 0 Å². The summed E-state index contributed by atoms with van der Waals surface area (Å²) in [6.07, 6.45) is 6.66. The van der Waals surface area contributed by atoms with E-state index < -0.39 is 0 Å². The smallest absolute Gasteiger partial charge is 0.0946 e. The van der Waals surface area contributed by atoms with Crippen molar-refractivity contribution >= 4 is 29.4 Å². The monoisotopic (exact) mass is 283 g/mol. The van der Waals surface area contributed by atoms with Gasteiger partial charge in [-0.1, -0.05) is 29.3 Å². The number of nitrogens with zero attached hydrogens (tertiary/aromatic N) is 3. The van der Waals surface area contributed by atoms with E-state index in [0.29, 0.717) is 16.6 Å². The lowest BCUT2D eigenvalue weighted by Crippen LogP contribution is -2.10. The first-order chi connectivity index (χ1) is 8.70. The molecule has 1 N–H and O–H groups in total. The quantitative estimate of drug-likeness (QED) is 0.531. The summed E-state index contributed by atoms with van der Waals surface area (Å²) in [5.41, 5.74) is 0.854. The zero-order valence-electron chi connectivity index (χ0n) is 9.37. The van der Waals surface area contributed by atoms with Crippen molar-refractivity contribution < 1.29 is 5.21 Å². The second-order valence-corrected chi connectivity index (χ2v) is 4.64. The maximum absolute atomic E-state index is 8.75. The van der Waals surface area contributed by atoms with Gasteiger partial charge in [-0.05, 0) is 17.7 Å². The van der Waals surface area contributed by atoms with Crippen LogP contribution in [0.1, 0.15) is 11.5 Å². The van der Waals surface area contributed by atoms with E-state index in [9.17, 15) is 0 Å². The third kappa shape index (κ3) is 3.03. The second-order valence-electron chi connectivity index (χ2n) is 3.80. The number of hydrogen-bond donors (Lipinski definition) is 1. The van der Waals surface area contributed by atoms with Crippen LogP contribution in [0.3, 0.4) is 0 Å². The first-order valence-corrected chi connectivity index (χ1v) is 6.04. The van der Waals surface area contributed by atoms with Gasteiger partial charge >= 0.3 is 0 Å². The molecule has 0 fully saturated rings. The average Bonchev–Trinajstić information content (AvgIpc) is 2.81. The molecule has 1 aromatic heterocycles. The van der Waals surface area contributed by atoms with Crippen LogP contribution in [0.4, 0.5) is 0 Å². The van der Waals surface area contributed by atoms with Gasteiger partial charge in [-0.25, -0.2) is 4.98 Å². The third-order valence-corrected chi connectivity index (χ3v) is 3.14. The van der Waals surface area contributed by atoms with Gasteiger partial charge in [0.25, 0.3) is 0 Å². The Balaban J connectivity index is 2.29. The lowest BCUT2D eigenvalue weighted by molar-refractivity contribution is 0.319. The van der Waals surface area contributed by atoms with Crippen molar-refractivity contribution in [3.8, 4) is 0 Å². The third-order valence-electron chi connectivity index (χ3n) is 2.58. The van der Waals surface area contributed by atoms with Crippen LogP contribution in [0.5, 0.6) is 0 Å². The topological polar surface area (TPSA) is 50.4 Å². The molecular formula is C12H11Cl2N3O. The molecule has 4 nitrogen and oxygen atoms in total. The van der Waals surface area contributed by atoms with E-state index in [4.69, 9.17) is 28.4 Å². The summed E-state index contributed by atoms with van der Waals surface area (Å²) in [4.78, 5) is 3.97. The highest BCUT2D eigenvalue weighted by atomic mass is 35.5. The van der Waals surface area contributed by atoms with E-state index in [1.165, 1.54) is 6.21 Å². The molecule has 0 saturated carbocycles. The van der Waals surface area contributed by atoms with Crippen LogP contribution in [-0.2, 0) is 6.54 Å². The summed E-state index contributed by atoms with van der Waals surface area (Å²) < 4.78 is 1.89. The van der Waals surface area contributed by atoms with Gasteiger partial charge in [0.15, 0.2) is 0 Å². The zero-order valence-corrected chi connectivity index (χ0v) is 10.9. The molecule has 6 heteroatoms. The Labute approximate surface area is 114 Å². The maximum atomic E-state index is 8.75. The zero-order chi connectivity index (χ0) is 13.0. The normalized spacial score (nSPS) is 13.0. The van der Waals surface area contributed by atoms with E-state index in [2.05, 4.69) is 10.1 Å². The van der Waals surface area contributed by atoms with E-state index in [1.807, 2.05) is 16.8 Å². The summed E-state index contributed by atoms with van der Waals surface area (Å²) >= 11 is 12.0. The molecule has 2 aromatic rings. The number of rotatable bonds is 4. The molecule has 1 atom stereocenters. The van der Waals surface area contributed by atoms with Crippen molar-refractivity contribution in [3.05, 3.63) is 52.5 Å². The fraction of sp³-hybridized carbons (Fsp3) is 0.167. The maximum Gasteiger partial charge on any atom is 0.0946 e. The minimum atomic E-state index is -0.144. The summed E-state index contributed by atoms with van der Waals surface area (Å²) in [7, 11) is 0. The summed E-state index contributed by atoms with van der Waals surface area (Å²) in [5.74, 6) is -0.144. The first kappa shape index (κ1) is 12.9. The van der Waals surface area contributed by atoms with Crippen LogP contribution in [0.2, 0.25) is 10.0 Å². The minimum Gasteiger partial charge on any atom is -0.411 e. The molecule has 0 aliphatic carbocycles. The van der Waals surface area contributed by atoms with Gasteiger partial charge < -0.3 is 9.77 Å². The Morgan fingerprint density at radius 1 is 1.44 bits per heavy atom. The van der Waals surface area contributed by atoms with Crippen molar-refractivity contribution in [2.45, 2.75) is 12.5 Å². The molecule has 2 rings (SSSR count). The average molecular weight is 284 g/mol. The van der Waals surface area contributed by atoms with Gasteiger partial charge in [-0.2, -0.15) is 0 Å². The van der Waals surface area contributed by atoms with Crippen LogP contribution < -0.4 is 0 Å². The van der Waals surface area contributed by atoms with Gasteiger partial charge in [-0.15, -0.1) is 5.16 Å². The lowest BCUT2D eigenvalue weighted by atomic mass is 10.0. The molecule has 1 unspecified atom stereocenters. The Bertz CT molecular complexity index is 540. The van der Waals surface area contributed by atoms with E-state index >= 15 is 0 Å². The Morgan fingerprint density at radius 3 is 2.89 bits per heavy atom. The molecule has 18 heavy (non-hydrogen) atoms. The standard InChI is InChI=1S/C12H11Cl2N3O/c13-10-1-2-11(12(14)5-10)9(6-16-18)7-17-4-3-15-8-17/h1-6,8-9,18H,7H2. The number of imidazole rings is 1. The second kappa shape index (κ2) is 5.89. The Morgan fingerprint density at radius 2 is 2.28 bits per heavy atom. The van der Waals surface area contributed by atoms with Gasteiger partial charge in [0.05, 0.1) is 12.5 Å². The number of aromatic nitrogens is 2. The van der Waals surface area contributed by atoms with Crippen molar-refractivity contribution in [1.82, 2.24) is 9.55 Å². The predicted octanol–water partition coefficient (Wildman–Crippen LogP) is 3.43. The molecule has 0 spiro atoms. The molecular weight excluding hydrogens is 273 g/mol. The van der Waals surface area contributed by atoms with Gasteiger partial charge in [0.1, 0.15) is 0 Å². The number of oxime groups is 1. The fourth-order valence-corrected chi connectivity index (χ4v) is 2.28. The molecule has 0 amide bonds. The highest BCUT2D eigenvalue weighted by Gasteiger charge is 2.14. The van der Waals surface area contributed by atoms with Crippen LogP contribution in [-0.4, -0.2) is 21.0 Å². The molecule has 1 heterocycles. The van der Waals surface area contributed by atoms with Crippen molar-refractivity contribution in [2.24, 2.45) is 5.16 Å². The van der Waals surface area contributed by atoms with Crippen LogP contribution in [0, 0.1) is 0 Å². The highest BCUT2D eigenvalue weighted by Crippen LogP contribution is 2.27. The molecule has 94 valence electrons. The number of halogens is 2. The molecule has 0 saturated heterocycles. The fourth-order valence-electron chi connectivity index (χ4n) is 1.73. The summed E-state index contributed by atoms with van der Waals surface area (Å²) in [5, 5.41) is 13.0. The molecule has 0 radical (unpaired) electrons. The van der Waals surface area contributed by atoms with Crippen LogP contribution >= 0.6 is 23.2 Å². The summed E-state index contributed by atoms with van der Waals surface area (Å²) in [6, 6.07) is 5.26. The van der Waals surface area contributed by atoms with E-state index in [1.54, 1.807) is 24.7 Å².